The Morgan fingerprint density at radius 3 is 1.46 bits per heavy atom. The Kier molecular flexibility index (Phi) is 6.87. The Balaban J connectivity index is 0.957. The summed E-state index contributed by atoms with van der Waals surface area (Å²) in [6.45, 7) is 4.74. The van der Waals surface area contributed by atoms with Gasteiger partial charge in [0.2, 0.25) is 0 Å². The van der Waals surface area contributed by atoms with Gasteiger partial charge in [-0.3, -0.25) is 4.98 Å². The molecule has 2 heterocycles. The Hall–Kier alpha value is -6.51. The SMILES string of the molecule is CC1(C)c2cc(-c3ccc(-c4ccc(-c5ccccn5)cc4)cc3)ccc2-c2ccc(-c3cccc(-n4c5ccccc5c5ccccc54)c3)cc21. The average molecular weight is 665 g/mol. The molecule has 0 bridgehead atoms. The Morgan fingerprint density at radius 1 is 0.404 bits per heavy atom. The summed E-state index contributed by atoms with van der Waals surface area (Å²) in [6.07, 6.45) is 1.84. The van der Waals surface area contributed by atoms with E-state index in [-0.39, 0.29) is 5.41 Å². The maximum Gasteiger partial charge on any atom is 0.0701 e. The topological polar surface area (TPSA) is 17.8 Å². The van der Waals surface area contributed by atoms with E-state index in [9.17, 15) is 0 Å². The maximum atomic E-state index is 4.49. The molecule has 0 aliphatic heterocycles. The first-order chi connectivity index (χ1) is 25.5. The predicted molar refractivity (Wildman–Crippen MR) is 218 cm³/mol. The molecule has 0 atom stereocenters. The van der Waals surface area contributed by atoms with E-state index in [1.54, 1.807) is 0 Å². The minimum atomic E-state index is -0.129. The summed E-state index contributed by atoms with van der Waals surface area (Å²) in [5, 5.41) is 2.56. The van der Waals surface area contributed by atoms with Gasteiger partial charge in [0.1, 0.15) is 0 Å². The third kappa shape index (κ3) is 4.83. The van der Waals surface area contributed by atoms with Gasteiger partial charge >= 0.3 is 0 Å². The monoisotopic (exact) mass is 664 g/mol. The number of hydrogen-bond acceptors (Lipinski definition) is 1. The number of aromatic nitrogens is 2. The van der Waals surface area contributed by atoms with Crippen LogP contribution in [0.5, 0.6) is 0 Å². The van der Waals surface area contributed by atoms with Crippen LogP contribution < -0.4 is 0 Å². The molecule has 2 nitrogen and oxygen atoms in total. The van der Waals surface area contributed by atoms with Gasteiger partial charge < -0.3 is 4.57 Å². The van der Waals surface area contributed by atoms with Crippen molar-refractivity contribution in [1.82, 2.24) is 9.55 Å². The van der Waals surface area contributed by atoms with Crippen LogP contribution in [-0.4, -0.2) is 9.55 Å². The fourth-order valence-corrected chi connectivity index (χ4v) is 8.34. The van der Waals surface area contributed by atoms with Crippen molar-refractivity contribution in [3.8, 4) is 61.5 Å². The molecule has 0 fully saturated rings. The molecule has 0 unspecified atom stereocenters. The molecule has 2 aromatic heterocycles. The first kappa shape index (κ1) is 30.3. The summed E-state index contributed by atoms with van der Waals surface area (Å²) < 4.78 is 2.40. The second-order valence-corrected chi connectivity index (χ2v) is 14.4. The van der Waals surface area contributed by atoms with Crippen LogP contribution in [0.4, 0.5) is 0 Å². The highest BCUT2D eigenvalue weighted by molar-refractivity contribution is 6.09. The van der Waals surface area contributed by atoms with Crippen molar-refractivity contribution in [1.29, 1.82) is 0 Å². The molecule has 2 heteroatoms. The second kappa shape index (κ2) is 11.8. The quantitative estimate of drug-likeness (QED) is 0.179. The summed E-state index contributed by atoms with van der Waals surface area (Å²) in [7, 11) is 0. The van der Waals surface area contributed by atoms with Gasteiger partial charge in [-0.25, -0.2) is 0 Å². The van der Waals surface area contributed by atoms with Gasteiger partial charge in [0.05, 0.1) is 16.7 Å². The molecule has 0 saturated carbocycles. The van der Waals surface area contributed by atoms with Gasteiger partial charge in [0.25, 0.3) is 0 Å². The molecule has 10 rings (SSSR count). The molecule has 9 aromatic rings. The summed E-state index contributed by atoms with van der Waals surface area (Å²) in [4.78, 5) is 4.49. The molecule has 1 aliphatic carbocycles. The number of fused-ring (bicyclic) bond motifs is 6. The fraction of sp³-hybridized carbons (Fsp3) is 0.0600. The molecule has 1 aliphatic rings. The van der Waals surface area contributed by atoms with E-state index in [0.29, 0.717) is 0 Å². The van der Waals surface area contributed by atoms with Crippen molar-refractivity contribution in [3.63, 3.8) is 0 Å². The zero-order valence-corrected chi connectivity index (χ0v) is 29.2. The number of nitrogens with zero attached hydrogens (tertiary/aromatic N) is 2. The molecule has 7 aromatic carbocycles. The molecular formula is C50H36N2. The Morgan fingerprint density at radius 2 is 0.885 bits per heavy atom. The molecule has 0 spiro atoms. The summed E-state index contributed by atoms with van der Waals surface area (Å²) in [5.41, 5.74) is 18.4. The number of para-hydroxylation sites is 2. The van der Waals surface area contributed by atoms with Gasteiger partial charge in [-0.05, 0) is 104 Å². The van der Waals surface area contributed by atoms with Crippen molar-refractivity contribution >= 4 is 21.8 Å². The zero-order valence-electron chi connectivity index (χ0n) is 29.2. The number of rotatable bonds is 5. The number of benzene rings is 7. The van der Waals surface area contributed by atoms with Crippen LogP contribution in [0, 0.1) is 0 Å². The first-order valence-electron chi connectivity index (χ1n) is 18.0. The highest BCUT2D eigenvalue weighted by atomic mass is 15.0. The van der Waals surface area contributed by atoms with Crippen LogP contribution in [-0.2, 0) is 5.41 Å². The van der Waals surface area contributed by atoms with Crippen LogP contribution in [0.3, 0.4) is 0 Å². The van der Waals surface area contributed by atoms with Crippen molar-refractivity contribution in [2.24, 2.45) is 0 Å². The molecule has 0 radical (unpaired) electrons. The lowest BCUT2D eigenvalue weighted by Crippen LogP contribution is -2.15. The average Bonchev–Trinajstić information content (AvgIpc) is 3.66. The van der Waals surface area contributed by atoms with Gasteiger partial charge in [0, 0.05) is 33.6 Å². The Labute approximate surface area is 304 Å². The van der Waals surface area contributed by atoms with E-state index >= 15 is 0 Å². The van der Waals surface area contributed by atoms with Gasteiger partial charge in [-0.1, -0.05) is 141 Å². The first-order valence-corrected chi connectivity index (χ1v) is 18.0. The molecule has 0 saturated heterocycles. The van der Waals surface area contributed by atoms with Crippen LogP contribution >= 0.6 is 0 Å². The minimum Gasteiger partial charge on any atom is -0.309 e. The Bertz CT molecular complexity index is 2730. The largest absolute Gasteiger partial charge is 0.309 e. The smallest absolute Gasteiger partial charge is 0.0701 e. The van der Waals surface area contributed by atoms with Crippen LogP contribution in [0.15, 0.2) is 182 Å². The van der Waals surface area contributed by atoms with E-state index in [0.717, 1.165) is 11.3 Å². The molecule has 246 valence electrons. The lowest BCUT2D eigenvalue weighted by Gasteiger charge is -2.23. The maximum absolute atomic E-state index is 4.49. The normalized spacial score (nSPS) is 13.0. The van der Waals surface area contributed by atoms with E-state index in [4.69, 9.17) is 0 Å². The fourth-order valence-electron chi connectivity index (χ4n) is 8.34. The lowest BCUT2D eigenvalue weighted by molar-refractivity contribution is 0.661. The van der Waals surface area contributed by atoms with Crippen molar-refractivity contribution in [2.45, 2.75) is 19.3 Å². The van der Waals surface area contributed by atoms with Crippen LogP contribution in [0.25, 0.3) is 83.3 Å². The van der Waals surface area contributed by atoms with E-state index < -0.39 is 0 Å². The van der Waals surface area contributed by atoms with Crippen molar-refractivity contribution in [2.75, 3.05) is 0 Å². The van der Waals surface area contributed by atoms with Gasteiger partial charge in [0.15, 0.2) is 0 Å². The van der Waals surface area contributed by atoms with Crippen molar-refractivity contribution < 1.29 is 0 Å². The summed E-state index contributed by atoms with van der Waals surface area (Å²) in [6, 6.07) is 64.2. The van der Waals surface area contributed by atoms with Crippen LogP contribution in [0.2, 0.25) is 0 Å². The van der Waals surface area contributed by atoms with E-state index in [1.807, 2.05) is 24.4 Å². The minimum absolute atomic E-state index is 0.129. The summed E-state index contributed by atoms with van der Waals surface area (Å²) in [5.74, 6) is 0. The highest BCUT2D eigenvalue weighted by Crippen LogP contribution is 2.51. The third-order valence-electron chi connectivity index (χ3n) is 11.1. The molecule has 0 N–H and O–H groups in total. The molecule has 0 amide bonds. The van der Waals surface area contributed by atoms with E-state index in [1.165, 1.54) is 83.1 Å². The predicted octanol–water partition coefficient (Wildman–Crippen LogP) is 13.2. The molecule has 52 heavy (non-hydrogen) atoms. The number of pyridine rings is 1. The number of hydrogen-bond donors (Lipinski definition) is 0. The van der Waals surface area contributed by atoms with Gasteiger partial charge in [-0.2, -0.15) is 0 Å². The van der Waals surface area contributed by atoms with E-state index in [2.05, 4.69) is 181 Å². The summed E-state index contributed by atoms with van der Waals surface area (Å²) >= 11 is 0. The van der Waals surface area contributed by atoms with Crippen LogP contribution in [0.1, 0.15) is 25.0 Å². The van der Waals surface area contributed by atoms with Crippen molar-refractivity contribution in [3.05, 3.63) is 193 Å². The second-order valence-electron chi connectivity index (χ2n) is 14.4. The standard InChI is InChI=1S/C50H36N2/c1-50(2)45-31-38(35-19-17-33(18-20-35)34-21-23-36(24-22-34)47-14-7-8-29-51-47)25-27-41(45)42-28-26-39(32-46(42)50)37-10-9-11-40(30-37)52-48-15-5-3-12-43(48)44-13-4-6-16-49(44)52/h3-32H,1-2H3. The highest BCUT2D eigenvalue weighted by Gasteiger charge is 2.36. The lowest BCUT2D eigenvalue weighted by atomic mass is 9.81. The molecular weight excluding hydrogens is 629 g/mol. The van der Waals surface area contributed by atoms with Gasteiger partial charge in [-0.15, -0.1) is 0 Å². The zero-order chi connectivity index (χ0) is 34.8. The third-order valence-corrected chi connectivity index (χ3v) is 11.1.